The Labute approximate surface area is 158 Å². The van der Waals surface area contributed by atoms with Crippen molar-refractivity contribution in [2.45, 2.75) is 13.1 Å². The van der Waals surface area contributed by atoms with Crippen molar-refractivity contribution in [1.29, 1.82) is 0 Å². The van der Waals surface area contributed by atoms with Crippen LogP contribution < -0.4 is 14.8 Å². The van der Waals surface area contributed by atoms with Crippen LogP contribution in [0.25, 0.3) is 0 Å². The number of urea groups is 1. The summed E-state index contributed by atoms with van der Waals surface area (Å²) in [6.07, 6.45) is 0. The van der Waals surface area contributed by atoms with Crippen molar-refractivity contribution in [2.75, 3.05) is 40.4 Å². The molecule has 1 N–H and O–H groups in total. The van der Waals surface area contributed by atoms with E-state index in [4.69, 9.17) is 9.47 Å². The average Bonchev–Trinajstić information content (AvgIpc) is 3.19. The van der Waals surface area contributed by atoms with Crippen LogP contribution in [0.5, 0.6) is 11.5 Å². The van der Waals surface area contributed by atoms with Gasteiger partial charge in [0.05, 0.1) is 14.2 Å². The molecule has 2 amide bonds. The van der Waals surface area contributed by atoms with Gasteiger partial charge in [-0.15, -0.1) is 0 Å². The summed E-state index contributed by atoms with van der Waals surface area (Å²) in [5, 5.41) is 7.28. The van der Waals surface area contributed by atoms with E-state index in [1.165, 1.54) is 5.56 Å². The first-order valence-electron chi connectivity index (χ1n) is 8.66. The van der Waals surface area contributed by atoms with Crippen LogP contribution in [0.3, 0.4) is 0 Å². The van der Waals surface area contributed by atoms with Gasteiger partial charge in [0, 0.05) is 39.3 Å². The van der Waals surface area contributed by atoms with Gasteiger partial charge in [-0.05, 0) is 40.1 Å². The van der Waals surface area contributed by atoms with Crippen molar-refractivity contribution < 1.29 is 14.3 Å². The van der Waals surface area contributed by atoms with Crippen LogP contribution in [0.1, 0.15) is 11.1 Å². The van der Waals surface area contributed by atoms with Crippen LogP contribution in [0.4, 0.5) is 4.79 Å². The third-order valence-corrected chi connectivity index (χ3v) is 5.27. The van der Waals surface area contributed by atoms with Gasteiger partial charge in [-0.2, -0.15) is 11.3 Å². The van der Waals surface area contributed by atoms with E-state index in [1.807, 2.05) is 23.1 Å². The minimum Gasteiger partial charge on any atom is -0.493 e. The normalized spacial score (nSPS) is 14.9. The average molecular weight is 375 g/mol. The minimum absolute atomic E-state index is 0.0185. The van der Waals surface area contributed by atoms with Crippen LogP contribution >= 0.6 is 11.3 Å². The number of amides is 2. The Morgan fingerprint density at radius 3 is 2.50 bits per heavy atom. The molecule has 0 bridgehead atoms. The summed E-state index contributed by atoms with van der Waals surface area (Å²) in [5.74, 6) is 1.35. The van der Waals surface area contributed by atoms with Gasteiger partial charge in [0.25, 0.3) is 0 Å². The maximum Gasteiger partial charge on any atom is 0.317 e. The molecule has 1 aromatic heterocycles. The highest BCUT2D eigenvalue weighted by Gasteiger charge is 2.21. The zero-order valence-electron chi connectivity index (χ0n) is 15.2. The lowest BCUT2D eigenvalue weighted by molar-refractivity contribution is 0.135. The minimum atomic E-state index is -0.0185. The van der Waals surface area contributed by atoms with E-state index >= 15 is 0 Å². The lowest BCUT2D eigenvalue weighted by Crippen LogP contribution is -2.51. The van der Waals surface area contributed by atoms with Crippen molar-refractivity contribution in [1.82, 2.24) is 15.1 Å². The van der Waals surface area contributed by atoms with Gasteiger partial charge in [0.15, 0.2) is 11.5 Å². The molecular formula is C19H25N3O3S. The molecule has 2 aromatic rings. The first-order valence-corrected chi connectivity index (χ1v) is 9.61. The number of methoxy groups -OCH3 is 2. The second kappa shape index (κ2) is 8.91. The van der Waals surface area contributed by atoms with Gasteiger partial charge in [-0.1, -0.05) is 6.07 Å². The number of nitrogens with zero attached hydrogens (tertiary/aromatic N) is 2. The molecule has 140 valence electrons. The lowest BCUT2D eigenvalue weighted by Gasteiger charge is -2.34. The Morgan fingerprint density at radius 2 is 1.85 bits per heavy atom. The molecule has 7 heteroatoms. The molecule has 1 aliphatic heterocycles. The summed E-state index contributed by atoms with van der Waals surface area (Å²) in [5.41, 5.74) is 2.33. The molecular weight excluding hydrogens is 350 g/mol. The number of thiophene rings is 1. The monoisotopic (exact) mass is 375 g/mol. The molecule has 6 nitrogen and oxygen atoms in total. The Kier molecular flexibility index (Phi) is 6.35. The molecule has 1 fully saturated rings. The molecule has 0 atom stereocenters. The van der Waals surface area contributed by atoms with Crippen LogP contribution in [0.2, 0.25) is 0 Å². The number of hydrogen-bond acceptors (Lipinski definition) is 5. The third kappa shape index (κ3) is 4.68. The van der Waals surface area contributed by atoms with Crippen molar-refractivity contribution in [3.05, 3.63) is 46.2 Å². The fraction of sp³-hybridized carbons (Fsp3) is 0.421. The number of carbonyl (C=O) groups excluding carboxylic acids is 1. The van der Waals surface area contributed by atoms with Gasteiger partial charge in [-0.3, -0.25) is 4.90 Å². The van der Waals surface area contributed by atoms with Gasteiger partial charge in [0.2, 0.25) is 0 Å². The molecule has 1 aliphatic rings. The summed E-state index contributed by atoms with van der Waals surface area (Å²) in [6.45, 7) is 4.74. The summed E-state index contributed by atoms with van der Waals surface area (Å²) >= 11 is 1.72. The molecule has 2 heterocycles. The number of rotatable bonds is 6. The zero-order valence-corrected chi connectivity index (χ0v) is 16.1. The van der Waals surface area contributed by atoms with E-state index in [1.54, 1.807) is 25.6 Å². The van der Waals surface area contributed by atoms with Crippen LogP contribution in [0, 0.1) is 0 Å². The number of piperazine rings is 1. The molecule has 26 heavy (non-hydrogen) atoms. The summed E-state index contributed by atoms with van der Waals surface area (Å²) in [4.78, 5) is 16.7. The lowest BCUT2D eigenvalue weighted by atomic mass is 10.2. The molecule has 0 saturated carbocycles. The Hall–Kier alpha value is -2.25. The predicted molar refractivity (Wildman–Crippen MR) is 103 cm³/mol. The van der Waals surface area contributed by atoms with E-state index in [0.29, 0.717) is 18.0 Å². The number of nitrogens with one attached hydrogen (secondary N) is 1. The molecule has 0 radical (unpaired) electrons. The van der Waals surface area contributed by atoms with Gasteiger partial charge < -0.3 is 19.7 Å². The van der Waals surface area contributed by atoms with Crippen LogP contribution in [-0.4, -0.2) is 56.2 Å². The highest BCUT2D eigenvalue weighted by Crippen LogP contribution is 2.27. The van der Waals surface area contributed by atoms with Crippen molar-refractivity contribution in [3.8, 4) is 11.5 Å². The number of hydrogen-bond donors (Lipinski definition) is 1. The first-order chi connectivity index (χ1) is 12.7. The van der Waals surface area contributed by atoms with E-state index in [9.17, 15) is 4.79 Å². The fourth-order valence-electron chi connectivity index (χ4n) is 3.03. The molecule has 1 saturated heterocycles. The Bertz CT molecular complexity index is 713. The van der Waals surface area contributed by atoms with E-state index in [2.05, 4.69) is 27.0 Å². The second-order valence-electron chi connectivity index (χ2n) is 6.24. The largest absolute Gasteiger partial charge is 0.493 e. The topological polar surface area (TPSA) is 54.0 Å². The Balaban J connectivity index is 1.46. The quantitative estimate of drug-likeness (QED) is 0.844. The molecule has 0 aliphatic carbocycles. The predicted octanol–water partition coefficient (Wildman–Crippen LogP) is 2.79. The Morgan fingerprint density at radius 1 is 1.08 bits per heavy atom. The van der Waals surface area contributed by atoms with Gasteiger partial charge in [-0.25, -0.2) is 4.79 Å². The maximum absolute atomic E-state index is 12.4. The zero-order chi connectivity index (χ0) is 18.4. The number of carbonyl (C=O) groups is 1. The van der Waals surface area contributed by atoms with E-state index in [0.717, 1.165) is 38.3 Å². The second-order valence-corrected chi connectivity index (χ2v) is 7.02. The number of ether oxygens (including phenoxy) is 2. The summed E-state index contributed by atoms with van der Waals surface area (Å²) < 4.78 is 10.5. The van der Waals surface area contributed by atoms with Crippen molar-refractivity contribution >= 4 is 17.4 Å². The van der Waals surface area contributed by atoms with E-state index in [-0.39, 0.29) is 6.03 Å². The summed E-state index contributed by atoms with van der Waals surface area (Å²) in [6, 6.07) is 7.81. The fourth-order valence-corrected chi connectivity index (χ4v) is 3.69. The smallest absolute Gasteiger partial charge is 0.317 e. The third-order valence-electron chi connectivity index (χ3n) is 4.54. The molecule has 1 aromatic carbocycles. The summed E-state index contributed by atoms with van der Waals surface area (Å²) in [7, 11) is 3.22. The van der Waals surface area contributed by atoms with E-state index < -0.39 is 0 Å². The van der Waals surface area contributed by atoms with Gasteiger partial charge in [0.1, 0.15) is 0 Å². The molecule has 0 spiro atoms. The van der Waals surface area contributed by atoms with Crippen molar-refractivity contribution in [3.63, 3.8) is 0 Å². The standard InChI is InChI=1S/C19H25N3O3S/c1-24-17-4-3-15(11-18(17)25-2)12-20-19(23)22-8-6-21(7-9-22)13-16-5-10-26-14-16/h3-5,10-11,14H,6-9,12-13H2,1-2H3,(H,20,23). The van der Waals surface area contributed by atoms with Crippen LogP contribution in [-0.2, 0) is 13.1 Å². The number of benzene rings is 1. The molecule has 0 unspecified atom stereocenters. The first kappa shape index (κ1) is 18.5. The molecule has 3 rings (SSSR count). The SMILES string of the molecule is COc1ccc(CNC(=O)N2CCN(Cc3ccsc3)CC2)cc1OC. The highest BCUT2D eigenvalue weighted by atomic mass is 32.1. The highest BCUT2D eigenvalue weighted by molar-refractivity contribution is 7.07. The van der Waals surface area contributed by atoms with Gasteiger partial charge >= 0.3 is 6.03 Å². The van der Waals surface area contributed by atoms with Crippen LogP contribution in [0.15, 0.2) is 35.0 Å². The van der Waals surface area contributed by atoms with Crippen molar-refractivity contribution in [2.24, 2.45) is 0 Å². The maximum atomic E-state index is 12.4.